The molecule has 2 N–H and O–H groups in total. The Morgan fingerprint density at radius 3 is 3.20 bits per heavy atom. The van der Waals surface area contributed by atoms with Crippen LogP contribution >= 0.6 is 0 Å². The molecule has 2 aromatic rings. The third-order valence-electron chi connectivity index (χ3n) is 2.00. The minimum atomic E-state index is -0.189. The summed E-state index contributed by atoms with van der Waals surface area (Å²) in [7, 11) is 0. The molecular formula is C11H8N2O2. The summed E-state index contributed by atoms with van der Waals surface area (Å²) in [6.45, 7) is -0.189. The number of aldehydes is 1. The van der Waals surface area contributed by atoms with Gasteiger partial charge in [-0.15, -0.1) is 0 Å². The van der Waals surface area contributed by atoms with Crippen LogP contribution in [0.1, 0.15) is 15.9 Å². The number of aliphatic hydroxyl groups excluding tert-OH is 1. The molecule has 74 valence electrons. The van der Waals surface area contributed by atoms with Crippen molar-refractivity contribution in [3.8, 4) is 11.8 Å². The van der Waals surface area contributed by atoms with Gasteiger partial charge in [-0.25, -0.2) is 4.98 Å². The van der Waals surface area contributed by atoms with Crippen molar-refractivity contribution in [2.75, 3.05) is 6.61 Å². The quantitative estimate of drug-likeness (QED) is 0.526. The van der Waals surface area contributed by atoms with Gasteiger partial charge in [0.25, 0.3) is 0 Å². The molecule has 0 aromatic carbocycles. The Morgan fingerprint density at radius 2 is 2.47 bits per heavy atom. The van der Waals surface area contributed by atoms with E-state index in [1.54, 1.807) is 18.5 Å². The largest absolute Gasteiger partial charge is 0.384 e. The lowest BCUT2D eigenvalue weighted by Crippen LogP contribution is -1.82. The summed E-state index contributed by atoms with van der Waals surface area (Å²) in [6, 6.07) is 1.77. The Hall–Kier alpha value is -2.12. The summed E-state index contributed by atoms with van der Waals surface area (Å²) in [5.41, 5.74) is 1.90. The highest BCUT2D eigenvalue weighted by Crippen LogP contribution is 2.15. The first-order valence-corrected chi connectivity index (χ1v) is 4.37. The number of aliphatic hydroxyl groups is 1. The van der Waals surface area contributed by atoms with Crippen LogP contribution in [0.25, 0.3) is 11.0 Å². The van der Waals surface area contributed by atoms with E-state index < -0.39 is 0 Å². The number of pyridine rings is 1. The molecule has 2 aromatic heterocycles. The van der Waals surface area contributed by atoms with Crippen molar-refractivity contribution in [3.63, 3.8) is 0 Å². The van der Waals surface area contributed by atoms with E-state index in [4.69, 9.17) is 5.11 Å². The van der Waals surface area contributed by atoms with Gasteiger partial charge in [-0.2, -0.15) is 0 Å². The highest BCUT2D eigenvalue weighted by atomic mass is 16.2. The second-order valence-electron chi connectivity index (χ2n) is 2.94. The second-order valence-corrected chi connectivity index (χ2v) is 2.94. The number of aromatic amines is 1. The molecule has 0 unspecified atom stereocenters. The van der Waals surface area contributed by atoms with E-state index in [1.165, 1.54) is 0 Å². The van der Waals surface area contributed by atoms with Crippen molar-refractivity contribution in [1.29, 1.82) is 0 Å². The molecule has 4 nitrogen and oxygen atoms in total. The van der Waals surface area contributed by atoms with E-state index in [0.717, 1.165) is 11.7 Å². The maximum Gasteiger partial charge on any atom is 0.152 e. The number of aromatic nitrogens is 2. The highest BCUT2D eigenvalue weighted by Gasteiger charge is 2.03. The molecule has 2 heterocycles. The maximum atomic E-state index is 10.7. The summed E-state index contributed by atoms with van der Waals surface area (Å²) in [5.74, 6) is 5.26. The Morgan fingerprint density at radius 1 is 1.60 bits per heavy atom. The fraction of sp³-hybridized carbons (Fsp3) is 0.0909. The lowest BCUT2D eigenvalue weighted by atomic mass is 10.2. The van der Waals surface area contributed by atoms with Gasteiger partial charge in [0.2, 0.25) is 0 Å². The smallest absolute Gasteiger partial charge is 0.152 e. The van der Waals surface area contributed by atoms with Gasteiger partial charge in [0.05, 0.1) is 0 Å². The number of carbonyl (C=O) groups is 1. The Labute approximate surface area is 86.0 Å². The minimum absolute atomic E-state index is 0.189. The Kier molecular flexibility index (Phi) is 2.48. The summed E-state index contributed by atoms with van der Waals surface area (Å²) >= 11 is 0. The van der Waals surface area contributed by atoms with Crippen LogP contribution in [0, 0.1) is 11.8 Å². The van der Waals surface area contributed by atoms with Crippen molar-refractivity contribution in [2.45, 2.75) is 0 Å². The predicted octanol–water partition coefficient (Wildman–Crippen LogP) is 0.719. The zero-order valence-electron chi connectivity index (χ0n) is 7.82. The summed E-state index contributed by atoms with van der Waals surface area (Å²) < 4.78 is 0. The van der Waals surface area contributed by atoms with Gasteiger partial charge in [-0.3, -0.25) is 4.79 Å². The fourth-order valence-corrected chi connectivity index (χ4v) is 1.33. The molecule has 0 amide bonds. The maximum absolute atomic E-state index is 10.7. The Bertz CT molecular complexity index is 561. The molecule has 0 saturated carbocycles. The SMILES string of the molecule is O=Cc1c[nH]c2ncc(C#CCO)cc12. The van der Waals surface area contributed by atoms with Gasteiger partial charge in [-0.1, -0.05) is 11.8 Å². The molecule has 4 heteroatoms. The molecule has 0 spiro atoms. The van der Waals surface area contributed by atoms with Crippen molar-refractivity contribution < 1.29 is 9.90 Å². The number of hydrogen-bond acceptors (Lipinski definition) is 3. The first-order valence-electron chi connectivity index (χ1n) is 4.37. The molecule has 2 rings (SSSR count). The summed E-state index contributed by atoms with van der Waals surface area (Å²) in [6.07, 6.45) is 3.97. The monoisotopic (exact) mass is 200 g/mol. The zero-order chi connectivity index (χ0) is 10.7. The number of fused-ring (bicyclic) bond motifs is 1. The topological polar surface area (TPSA) is 66.0 Å². The van der Waals surface area contributed by atoms with Gasteiger partial charge in [0.1, 0.15) is 12.3 Å². The molecule has 0 aliphatic carbocycles. The van der Waals surface area contributed by atoms with Gasteiger partial charge >= 0.3 is 0 Å². The molecule has 15 heavy (non-hydrogen) atoms. The third kappa shape index (κ3) is 1.73. The van der Waals surface area contributed by atoms with Crippen LogP contribution in [0.15, 0.2) is 18.5 Å². The number of carbonyl (C=O) groups excluding carboxylic acids is 1. The average Bonchev–Trinajstić information content (AvgIpc) is 2.68. The van der Waals surface area contributed by atoms with E-state index >= 15 is 0 Å². The average molecular weight is 200 g/mol. The lowest BCUT2D eigenvalue weighted by Gasteiger charge is -1.91. The highest BCUT2D eigenvalue weighted by molar-refractivity contribution is 5.96. The molecule has 0 fully saturated rings. The summed E-state index contributed by atoms with van der Waals surface area (Å²) in [4.78, 5) is 17.7. The molecule has 0 aliphatic heterocycles. The van der Waals surface area contributed by atoms with Crippen LogP contribution in [0.4, 0.5) is 0 Å². The van der Waals surface area contributed by atoms with E-state index in [-0.39, 0.29) is 6.61 Å². The van der Waals surface area contributed by atoms with E-state index in [0.29, 0.717) is 16.8 Å². The molecule has 0 atom stereocenters. The van der Waals surface area contributed by atoms with Gasteiger partial charge < -0.3 is 10.1 Å². The predicted molar refractivity (Wildman–Crippen MR) is 55.4 cm³/mol. The molecule has 0 saturated heterocycles. The van der Waals surface area contributed by atoms with Crippen LogP contribution in [-0.4, -0.2) is 28.0 Å². The number of nitrogens with zero attached hydrogens (tertiary/aromatic N) is 1. The fourth-order valence-electron chi connectivity index (χ4n) is 1.33. The number of nitrogens with one attached hydrogen (secondary N) is 1. The van der Waals surface area contributed by atoms with Crippen molar-refractivity contribution in [1.82, 2.24) is 9.97 Å². The third-order valence-corrected chi connectivity index (χ3v) is 2.00. The van der Waals surface area contributed by atoms with Gasteiger partial charge in [0, 0.05) is 28.9 Å². The van der Waals surface area contributed by atoms with E-state index in [9.17, 15) is 4.79 Å². The Balaban J connectivity index is 2.57. The van der Waals surface area contributed by atoms with E-state index in [1.807, 2.05) is 0 Å². The second kappa shape index (κ2) is 3.95. The summed E-state index contributed by atoms with van der Waals surface area (Å²) in [5, 5.41) is 9.29. The molecule has 0 bridgehead atoms. The normalized spacial score (nSPS) is 9.67. The van der Waals surface area contributed by atoms with Gasteiger partial charge in [0.15, 0.2) is 6.29 Å². The van der Waals surface area contributed by atoms with Crippen LogP contribution in [0.2, 0.25) is 0 Å². The van der Waals surface area contributed by atoms with Crippen LogP contribution in [0.3, 0.4) is 0 Å². The standard InChI is InChI=1S/C11H8N2O2/c14-3-1-2-8-4-10-9(7-15)6-13-11(10)12-5-8/h4-7,14H,3H2,(H,12,13). The first-order chi connectivity index (χ1) is 7.35. The van der Waals surface area contributed by atoms with Crippen LogP contribution in [-0.2, 0) is 0 Å². The van der Waals surface area contributed by atoms with E-state index in [2.05, 4.69) is 21.8 Å². The van der Waals surface area contributed by atoms with Gasteiger partial charge in [-0.05, 0) is 6.07 Å². The molecule has 0 radical (unpaired) electrons. The molecular weight excluding hydrogens is 192 g/mol. The van der Waals surface area contributed by atoms with Crippen molar-refractivity contribution in [3.05, 3.63) is 29.6 Å². The number of rotatable bonds is 1. The lowest BCUT2D eigenvalue weighted by molar-refractivity contribution is 0.112. The zero-order valence-corrected chi connectivity index (χ0v) is 7.82. The van der Waals surface area contributed by atoms with Crippen LogP contribution < -0.4 is 0 Å². The first kappa shape index (κ1) is 9.44. The molecule has 0 aliphatic rings. The van der Waals surface area contributed by atoms with Crippen molar-refractivity contribution >= 4 is 17.3 Å². The minimum Gasteiger partial charge on any atom is -0.384 e. The number of H-pyrrole nitrogens is 1. The van der Waals surface area contributed by atoms with Crippen LogP contribution in [0.5, 0.6) is 0 Å². The number of hydrogen-bond donors (Lipinski definition) is 2. The van der Waals surface area contributed by atoms with Crippen molar-refractivity contribution in [2.24, 2.45) is 0 Å².